The molecule has 9 heteroatoms. The monoisotopic (exact) mass is 534 g/mol. The van der Waals surface area contributed by atoms with Gasteiger partial charge < -0.3 is 33.2 Å². The van der Waals surface area contributed by atoms with Crippen LogP contribution >= 0.6 is 0 Å². The zero-order valence-corrected chi connectivity index (χ0v) is 22.4. The Morgan fingerprint density at radius 1 is 0.590 bits per heavy atom. The largest absolute Gasteiger partial charge is 0.496 e. The molecule has 0 aliphatic carbocycles. The molecule has 9 nitrogen and oxygen atoms in total. The summed E-state index contributed by atoms with van der Waals surface area (Å²) in [6, 6.07) is 15.3. The standard InChI is InChI=1S/C30H30O9/c1-33-24-12-6-20(16-27(24)36-4)8-14-29(31)38-19-22-10-11-23(18-26(22)35-3)39-30(32)15-9-21-7-13-25(34-2)28(17-21)37-5/h6-18H,19H2,1-5H3/b14-8+,15-9+. The van der Waals surface area contributed by atoms with E-state index in [2.05, 4.69) is 0 Å². The smallest absolute Gasteiger partial charge is 0.336 e. The Morgan fingerprint density at radius 2 is 1.10 bits per heavy atom. The molecule has 204 valence electrons. The van der Waals surface area contributed by atoms with Gasteiger partial charge in [0.1, 0.15) is 18.1 Å². The van der Waals surface area contributed by atoms with E-state index in [9.17, 15) is 9.59 Å². The second-order valence-electron chi connectivity index (χ2n) is 7.90. The first-order valence-corrected chi connectivity index (χ1v) is 11.8. The molecule has 0 saturated carbocycles. The lowest BCUT2D eigenvalue weighted by Crippen LogP contribution is -2.05. The van der Waals surface area contributed by atoms with Crippen LogP contribution in [-0.2, 0) is 20.9 Å². The average molecular weight is 535 g/mol. The predicted molar refractivity (Wildman–Crippen MR) is 146 cm³/mol. The third-order valence-electron chi connectivity index (χ3n) is 5.49. The average Bonchev–Trinajstić information content (AvgIpc) is 2.97. The lowest BCUT2D eigenvalue weighted by molar-refractivity contribution is -0.139. The number of hydrogen-bond acceptors (Lipinski definition) is 9. The van der Waals surface area contributed by atoms with Crippen LogP contribution in [0.4, 0.5) is 0 Å². The first-order valence-electron chi connectivity index (χ1n) is 11.8. The van der Waals surface area contributed by atoms with Crippen LogP contribution in [-0.4, -0.2) is 47.5 Å². The van der Waals surface area contributed by atoms with E-state index >= 15 is 0 Å². The van der Waals surface area contributed by atoms with Crippen molar-refractivity contribution in [3.05, 3.63) is 83.4 Å². The van der Waals surface area contributed by atoms with Crippen molar-refractivity contribution in [1.29, 1.82) is 0 Å². The molecule has 0 saturated heterocycles. The molecule has 0 spiro atoms. The van der Waals surface area contributed by atoms with Gasteiger partial charge in [-0.2, -0.15) is 0 Å². The maximum Gasteiger partial charge on any atom is 0.336 e. The Bertz CT molecular complexity index is 1360. The minimum atomic E-state index is -0.577. The molecule has 0 N–H and O–H groups in total. The molecule has 0 aliphatic heterocycles. The van der Waals surface area contributed by atoms with E-state index in [1.54, 1.807) is 81.0 Å². The highest BCUT2D eigenvalue weighted by Crippen LogP contribution is 2.29. The van der Waals surface area contributed by atoms with Crippen molar-refractivity contribution in [3.8, 4) is 34.5 Å². The summed E-state index contributed by atoms with van der Waals surface area (Å²) in [6.45, 7) is -0.0360. The summed E-state index contributed by atoms with van der Waals surface area (Å²) < 4.78 is 37.1. The third kappa shape index (κ3) is 8.03. The van der Waals surface area contributed by atoms with Gasteiger partial charge in [0.25, 0.3) is 0 Å². The third-order valence-corrected chi connectivity index (χ3v) is 5.49. The zero-order valence-electron chi connectivity index (χ0n) is 22.4. The van der Waals surface area contributed by atoms with Gasteiger partial charge in [-0.05, 0) is 59.7 Å². The lowest BCUT2D eigenvalue weighted by Gasteiger charge is -2.11. The summed E-state index contributed by atoms with van der Waals surface area (Å²) >= 11 is 0. The fourth-order valence-electron chi connectivity index (χ4n) is 3.50. The summed E-state index contributed by atoms with van der Waals surface area (Å²) in [4.78, 5) is 24.6. The van der Waals surface area contributed by atoms with Gasteiger partial charge in [-0.15, -0.1) is 0 Å². The van der Waals surface area contributed by atoms with E-state index in [1.807, 2.05) is 0 Å². The quantitative estimate of drug-likeness (QED) is 0.178. The molecule has 0 aliphatic rings. The number of carbonyl (C=O) groups is 2. The number of benzene rings is 3. The Labute approximate surface area is 227 Å². The maximum atomic E-state index is 12.3. The van der Waals surface area contributed by atoms with Crippen molar-refractivity contribution in [1.82, 2.24) is 0 Å². The molecule has 3 aromatic rings. The van der Waals surface area contributed by atoms with Gasteiger partial charge >= 0.3 is 11.9 Å². The lowest BCUT2D eigenvalue weighted by atomic mass is 10.2. The number of hydrogen-bond donors (Lipinski definition) is 0. The van der Waals surface area contributed by atoms with Crippen molar-refractivity contribution < 1.29 is 42.7 Å². The molecule has 0 aromatic heterocycles. The van der Waals surface area contributed by atoms with Crippen molar-refractivity contribution in [2.24, 2.45) is 0 Å². The van der Waals surface area contributed by atoms with Crippen molar-refractivity contribution in [2.75, 3.05) is 35.5 Å². The van der Waals surface area contributed by atoms with Crippen LogP contribution in [0.15, 0.2) is 66.7 Å². The van der Waals surface area contributed by atoms with Crippen molar-refractivity contribution in [2.45, 2.75) is 6.61 Å². The van der Waals surface area contributed by atoms with Crippen LogP contribution in [0.3, 0.4) is 0 Å². The highest BCUT2D eigenvalue weighted by atomic mass is 16.5. The SMILES string of the molecule is COc1cc(OC(=O)/C=C/c2ccc(OC)c(OC)c2)ccc1COC(=O)/C=C/c1ccc(OC)c(OC)c1. The fourth-order valence-corrected chi connectivity index (χ4v) is 3.50. The highest BCUT2D eigenvalue weighted by Gasteiger charge is 2.10. The van der Waals surface area contributed by atoms with Crippen molar-refractivity contribution >= 4 is 24.1 Å². The van der Waals surface area contributed by atoms with Gasteiger partial charge in [-0.25, -0.2) is 9.59 Å². The van der Waals surface area contributed by atoms with E-state index in [1.165, 1.54) is 33.5 Å². The number of esters is 2. The summed E-state index contributed by atoms with van der Waals surface area (Å²) in [7, 11) is 7.65. The van der Waals surface area contributed by atoms with Crippen LogP contribution < -0.4 is 28.4 Å². The molecule has 3 aromatic carbocycles. The summed E-state index contributed by atoms with van der Waals surface area (Å²) in [5.41, 5.74) is 2.08. The molecule has 0 fully saturated rings. The van der Waals surface area contributed by atoms with Crippen LogP contribution in [0.2, 0.25) is 0 Å². The van der Waals surface area contributed by atoms with E-state index in [0.717, 1.165) is 11.1 Å². The molecule has 0 bridgehead atoms. The van der Waals surface area contributed by atoms with Gasteiger partial charge in [-0.3, -0.25) is 0 Å². The second-order valence-corrected chi connectivity index (χ2v) is 7.90. The molecule has 0 atom stereocenters. The number of ether oxygens (including phenoxy) is 7. The minimum absolute atomic E-state index is 0.0360. The Morgan fingerprint density at radius 3 is 1.62 bits per heavy atom. The molecule has 3 rings (SSSR count). The van der Waals surface area contributed by atoms with Gasteiger partial charge in [0.05, 0.1) is 35.5 Å². The van der Waals surface area contributed by atoms with Crippen LogP contribution in [0.5, 0.6) is 34.5 Å². The van der Waals surface area contributed by atoms with Crippen molar-refractivity contribution in [3.63, 3.8) is 0 Å². The summed E-state index contributed by atoms with van der Waals surface area (Å²) in [6.07, 6.45) is 5.83. The number of rotatable bonds is 12. The van der Waals surface area contributed by atoms with E-state index in [-0.39, 0.29) is 12.4 Å². The topological polar surface area (TPSA) is 98.8 Å². The zero-order chi connectivity index (χ0) is 28.2. The first-order chi connectivity index (χ1) is 18.9. The fraction of sp³-hybridized carbons (Fsp3) is 0.200. The predicted octanol–water partition coefficient (Wildman–Crippen LogP) is 5.11. The molecule has 0 unspecified atom stereocenters. The Kier molecular flexibility index (Phi) is 10.4. The molecule has 0 amide bonds. The Hall–Kier alpha value is -4.92. The second kappa shape index (κ2) is 14.1. The minimum Gasteiger partial charge on any atom is -0.496 e. The normalized spacial score (nSPS) is 10.8. The summed E-state index contributed by atoms with van der Waals surface area (Å²) in [5, 5.41) is 0. The molecular weight excluding hydrogens is 504 g/mol. The number of methoxy groups -OCH3 is 5. The Balaban J connectivity index is 1.58. The molecule has 39 heavy (non-hydrogen) atoms. The first kappa shape index (κ1) is 28.6. The van der Waals surface area contributed by atoms with Crippen LogP contribution in [0, 0.1) is 0 Å². The van der Waals surface area contributed by atoms with Crippen LogP contribution in [0.1, 0.15) is 16.7 Å². The molecular formula is C30H30O9. The summed E-state index contributed by atoms with van der Waals surface area (Å²) in [5.74, 6) is 1.84. The highest BCUT2D eigenvalue weighted by molar-refractivity contribution is 5.89. The van der Waals surface area contributed by atoms with Gasteiger partial charge in [0, 0.05) is 23.8 Å². The van der Waals surface area contributed by atoms with Gasteiger partial charge in [0.2, 0.25) is 0 Å². The van der Waals surface area contributed by atoms with Gasteiger partial charge in [-0.1, -0.05) is 12.1 Å². The van der Waals surface area contributed by atoms with Crippen LogP contribution in [0.25, 0.3) is 12.2 Å². The maximum absolute atomic E-state index is 12.3. The van der Waals surface area contributed by atoms with E-state index in [0.29, 0.717) is 34.3 Å². The molecule has 0 radical (unpaired) electrons. The van der Waals surface area contributed by atoms with E-state index in [4.69, 9.17) is 33.2 Å². The van der Waals surface area contributed by atoms with Gasteiger partial charge in [0.15, 0.2) is 23.0 Å². The number of carbonyl (C=O) groups excluding carboxylic acids is 2. The molecule has 0 heterocycles. The van der Waals surface area contributed by atoms with E-state index < -0.39 is 11.9 Å².